The van der Waals surface area contributed by atoms with Crippen LogP contribution in [-0.2, 0) is 4.74 Å². The van der Waals surface area contributed by atoms with Crippen LogP contribution in [0.4, 0.5) is 0 Å². The average molecular weight is 238 g/mol. The SMILES string of the molecule is CNC(CSc1ccccn1)C1CCOC1. The van der Waals surface area contributed by atoms with Crippen molar-refractivity contribution in [1.29, 1.82) is 0 Å². The lowest BCUT2D eigenvalue weighted by Crippen LogP contribution is -2.36. The maximum Gasteiger partial charge on any atom is 0.0960 e. The molecule has 0 aliphatic carbocycles. The molecule has 0 radical (unpaired) electrons. The van der Waals surface area contributed by atoms with Gasteiger partial charge in [-0.25, -0.2) is 4.98 Å². The summed E-state index contributed by atoms with van der Waals surface area (Å²) in [6.07, 6.45) is 3.02. The summed E-state index contributed by atoms with van der Waals surface area (Å²) in [5.74, 6) is 1.71. The molecule has 0 saturated carbocycles. The maximum absolute atomic E-state index is 5.43. The van der Waals surface area contributed by atoms with Gasteiger partial charge in [-0.1, -0.05) is 6.07 Å². The highest BCUT2D eigenvalue weighted by molar-refractivity contribution is 7.99. The van der Waals surface area contributed by atoms with Crippen molar-refractivity contribution in [2.45, 2.75) is 17.5 Å². The Morgan fingerprint density at radius 2 is 2.56 bits per heavy atom. The van der Waals surface area contributed by atoms with Crippen LogP contribution < -0.4 is 5.32 Å². The van der Waals surface area contributed by atoms with Crippen molar-refractivity contribution in [2.75, 3.05) is 26.0 Å². The smallest absolute Gasteiger partial charge is 0.0960 e. The number of pyridine rings is 1. The summed E-state index contributed by atoms with van der Waals surface area (Å²) in [6.45, 7) is 1.81. The number of aromatic nitrogens is 1. The summed E-state index contributed by atoms with van der Waals surface area (Å²) in [5, 5.41) is 4.48. The van der Waals surface area contributed by atoms with Gasteiger partial charge in [0.15, 0.2) is 0 Å². The lowest BCUT2D eigenvalue weighted by Gasteiger charge is -2.21. The van der Waals surface area contributed by atoms with Crippen molar-refractivity contribution >= 4 is 11.8 Å². The van der Waals surface area contributed by atoms with Gasteiger partial charge in [-0.15, -0.1) is 11.8 Å². The van der Waals surface area contributed by atoms with E-state index < -0.39 is 0 Å². The number of ether oxygens (including phenoxy) is 1. The quantitative estimate of drug-likeness (QED) is 0.793. The molecule has 88 valence electrons. The maximum atomic E-state index is 5.43. The molecule has 2 heterocycles. The summed E-state index contributed by atoms with van der Waals surface area (Å²) >= 11 is 1.81. The minimum absolute atomic E-state index is 0.523. The largest absolute Gasteiger partial charge is 0.381 e. The van der Waals surface area contributed by atoms with Crippen LogP contribution in [0.2, 0.25) is 0 Å². The van der Waals surface area contributed by atoms with Crippen molar-refractivity contribution in [1.82, 2.24) is 10.3 Å². The topological polar surface area (TPSA) is 34.2 Å². The first-order valence-electron chi connectivity index (χ1n) is 5.69. The molecule has 1 aromatic heterocycles. The van der Waals surface area contributed by atoms with Crippen molar-refractivity contribution in [3.05, 3.63) is 24.4 Å². The Morgan fingerprint density at radius 1 is 1.62 bits per heavy atom. The molecule has 4 heteroatoms. The molecule has 2 atom stereocenters. The third-order valence-corrected chi connectivity index (χ3v) is 4.02. The fourth-order valence-electron chi connectivity index (χ4n) is 1.93. The normalized spacial score (nSPS) is 22.2. The molecule has 16 heavy (non-hydrogen) atoms. The van der Waals surface area contributed by atoms with Crippen LogP contribution in [0.25, 0.3) is 0 Å². The van der Waals surface area contributed by atoms with Gasteiger partial charge >= 0.3 is 0 Å². The third-order valence-electron chi connectivity index (χ3n) is 2.95. The van der Waals surface area contributed by atoms with Crippen molar-refractivity contribution in [2.24, 2.45) is 5.92 Å². The van der Waals surface area contributed by atoms with Gasteiger partial charge in [0.05, 0.1) is 11.6 Å². The molecule has 1 N–H and O–H groups in total. The molecule has 1 fully saturated rings. The number of rotatable bonds is 5. The summed E-state index contributed by atoms with van der Waals surface area (Å²) in [7, 11) is 2.03. The summed E-state index contributed by atoms with van der Waals surface area (Å²) < 4.78 is 5.43. The molecular formula is C12H18N2OS. The van der Waals surface area contributed by atoms with E-state index in [1.807, 2.05) is 37.1 Å². The van der Waals surface area contributed by atoms with E-state index in [0.29, 0.717) is 12.0 Å². The van der Waals surface area contributed by atoms with Crippen LogP contribution in [0, 0.1) is 5.92 Å². The minimum Gasteiger partial charge on any atom is -0.381 e. The predicted octanol–water partition coefficient (Wildman–Crippen LogP) is 1.80. The van der Waals surface area contributed by atoms with Gasteiger partial charge in [-0.2, -0.15) is 0 Å². The van der Waals surface area contributed by atoms with Crippen molar-refractivity contribution < 1.29 is 4.74 Å². The summed E-state index contributed by atoms with van der Waals surface area (Å²) in [5.41, 5.74) is 0. The van der Waals surface area contributed by atoms with Crippen LogP contribution >= 0.6 is 11.8 Å². The Kier molecular flexibility index (Phi) is 4.63. The molecular weight excluding hydrogens is 220 g/mol. The average Bonchev–Trinajstić information content (AvgIpc) is 2.85. The Labute approximate surface area is 101 Å². The molecule has 1 aromatic rings. The van der Waals surface area contributed by atoms with Gasteiger partial charge < -0.3 is 10.1 Å². The minimum atomic E-state index is 0.523. The van der Waals surface area contributed by atoms with Crippen LogP contribution in [0.15, 0.2) is 29.4 Å². The standard InChI is InChI=1S/C12H18N2OS/c1-13-11(10-5-7-15-8-10)9-16-12-4-2-3-6-14-12/h2-4,6,10-11,13H,5,7-9H2,1H3. The second-order valence-corrected chi connectivity index (χ2v) is 5.04. The van der Waals surface area contributed by atoms with Gasteiger partial charge in [-0.3, -0.25) is 0 Å². The van der Waals surface area contributed by atoms with E-state index in [0.717, 1.165) is 24.0 Å². The highest BCUT2D eigenvalue weighted by atomic mass is 32.2. The first-order valence-corrected chi connectivity index (χ1v) is 6.67. The van der Waals surface area contributed by atoms with E-state index in [4.69, 9.17) is 4.74 Å². The van der Waals surface area contributed by atoms with Gasteiger partial charge in [-0.05, 0) is 25.6 Å². The first-order chi connectivity index (χ1) is 7.90. The van der Waals surface area contributed by atoms with Gasteiger partial charge in [0, 0.05) is 30.5 Å². The van der Waals surface area contributed by atoms with Crippen LogP contribution in [0.3, 0.4) is 0 Å². The lowest BCUT2D eigenvalue weighted by atomic mass is 10.0. The van der Waals surface area contributed by atoms with E-state index >= 15 is 0 Å². The Balaban J connectivity index is 1.83. The molecule has 1 aliphatic rings. The molecule has 0 bridgehead atoms. The molecule has 2 rings (SSSR count). The molecule has 2 unspecified atom stereocenters. The molecule has 0 spiro atoms. The zero-order chi connectivity index (χ0) is 11.2. The molecule has 3 nitrogen and oxygen atoms in total. The number of thioether (sulfide) groups is 1. The molecule has 1 saturated heterocycles. The highest BCUT2D eigenvalue weighted by Gasteiger charge is 2.24. The second kappa shape index (κ2) is 6.23. The first kappa shape index (κ1) is 11.9. The zero-order valence-electron chi connectivity index (χ0n) is 9.56. The molecule has 0 amide bonds. The van der Waals surface area contributed by atoms with E-state index in [1.54, 1.807) is 0 Å². The zero-order valence-corrected chi connectivity index (χ0v) is 10.4. The molecule has 1 aliphatic heterocycles. The number of nitrogens with zero attached hydrogens (tertiary/aromatic N) is 1. The second-order valence-electron chi connectivity index (χ2n) is 4.00. The van der Waals surface area contributed by atoms with E-state index in [2.05, 4.69) is 16.4 Å². The Bertz CT molecular complexity index is 301. The van der Waals surface area contributed by atoms with Crippen LogP contribution in [0.1, 0.15) is 6.42 Å². The van der Waals surface area contributed by atoms with Crippen LogP contribution in [0.5, 0.6) is 0 Å². The van der Waals surface area contributed by atoms with E-state index in [1.165, 1.54) is 6.42 Å². The third kappa shape index (κ3) is 3.20. The number of hydrogen-bond donors (Lipinski definition) is 1. The summed E-state index contributed by atoms with van der Waals surface area (Å²) in [6, 6.07) is 6.56. The molecule has 0 aromatic carbocycles. The van der Waals surface area contributed by atoms with Crippen molar-refractivity contribution in [3.63, 3.8) is 0 Å². The number of nitrogens with one attached hydrogen (secondary N) is 1. The monoisotopic (exact) mass is 238 g/mol. The Hall–Kier alpha value is -0.580. The number of hydrogen-bond acceptors (Lipinski definition) is 4. The predicted molar refractivity (Wildman–Crippen MR) is 66.7 cm³/mol. The highest BCUT2D eigenvalue weighted by Crippen LogP contribution is 2.22. The van der Waals surface area contributed by atoms with Crippen LogP contribution in [-0.4, -0.2) is 37.0 Å². The fraction of sp³-hybridized carbons (Fsp3) is 0.583. The fourth-order valence-corrected chi connectivity index (χ4v) is 3.03. The van der Waals surface area contributed by atoms with Gasteiger partial charge in [0.1, 0.15) is 0 Å². The van der Waals surface area contributed by atoms with Gasteiger partial charge in [0.2, 0.25) is 0 Å². The van der Waals surface area contributed by atoms with E-state index in [-0.39, 0.29) is 0 Å². The van der Waals surface area contributed by atoms with E-state index in [9.17, 15) is 0 Å². The lowest BCUT2D eigenvalue weighted by molar-refractivity contribution is 0.180. The summed E-state index contributed by atoms with van der Waals surface area (Å²) in [4.78, 5) is 4.32. The van der Waals surface area contributed by atoms with Crippen molar-refractivity contribution in [3.8, 4) is 0 Å². The van der Waals surface area contributed by atoms with Gasteiger partial charge in [0.25, 0.3) is 0 Å². The Morgan fingerprint density at radius 3 is 3.19 bits per heavy atom.